The molecule has 0 saturated carbocycles. The Morgan fingerprint density at radius 3 is 2.69 bits per heavy atom. The van der Waals surface area contributed by atoms with Crippen molar-refractivity contribution in [2.75, 3.05) is 6.54 Å². The van der Waals surface area contributed by atoms with Gasteiger partial charge in [-0.1, -0.05) is 13.8 Å². The van der Waals surface area contributed by atoms with Crippen LogP contribution in [-0.4, -0.2) is 32.0 Å². The van der Waals surface area contributed by atoms with Gasteiger partial charge in [0.05, 0.1) is 11.0 Å². The van der Waals surface area contributed by atoms with Crippen LogP contribution in [0.25, 0.3) is 11.0 Å². The van der Waals surface area contributed by atoms with Crippen LogP contribution in [0.4, 0.5) is 0 Å². The number of amides is 1. The predicted octanol–water partition coefficient (Wildman–Crippen LogP) is 3.42. The normalized spacial score (nSPS) is 12.7. The first-order chi connectivity index (χ1) is 12.4. The zero-order valence-electron chi connectivity index (χ0n) is 16.1. The lowest BCUT2D eigenvalue weighted by Gasteiger charge is -2.17. The van der Waals surface area contributed by atoms with Gasteiger partial charge in [0.2, 0.25) is 5.91 Å². The lowest BCUT2D eigenvalue weighted by atomic mass is 10.1. The van der Waals surface area contributed by atoms with Crippen LogP contribution < -0.4 is 5.32 Å². The average Bonchev–Trinajstić information content (AvgIpc) is 3.21. The van der Waals surface area contributed by atoms with E-state index in [1.165, 1.54) is 11.1 Å². The maximum absolute atomic E-state index is 12.5. The summed E-state index contributed by atoms with van der Waals surface area (Å²) in [7, 11) is 0. The molecule has 0 saturated heterocycles. The highest BCUT2D eigenvalue weighted by Gasteiger charge is 2.18. The van der Waals surface area contributed by atoms with Crippen molar-refractivity contribution < 1.29 is 4.79 Å². The second-order valence-corrected chi connectivity index (χ2v) is 7.20. The highest BCUT2D eigenvalue weighted by molar-refractivity contribution is 5.80. The van der Waals surface area contributed by atoms with Crippen molar-refractivity contribution in [1.82, 2.24) is 24.8 Å². The van der Waals surface area contributed by atoms with Gasteiger partial charge < -0.3 is 14.9 Å². The van der Waals surface area contributed by atoms with E-state index < -0.39 is 0 Å². The largest absolute Gasteiger partial charge is 0.354 e. The maximum Gasteiger partial charge on any atom is 0.242 e. The van der Waals surface area contributed by atoms with Gasteiger partial charge >= 0.3 is 0 Å². The molecule has 0 aliphatic carbocycles. The monoisotopic (exact) mass is 353 g/mol. The summed E-state index contributed by atoms with van der Waals surface area (Å²) in [5.41, 5.74) is 4.50. The first-order valence-corrected chi connectivity index (χ1v) is 9.13. The number of hydrogen-bond donors (Lipinski definition) is 2. The van der Waals surface area contributed by atoms with Gasteiger partial charge in [-0.2, -0.15) is 0 Å². The Hall–Kier alpha value is -2.63. The number of nitrogens with zero attached hydrogens (tertiary/aromatic N) is 3. The fourth-order valence-corrected chi connectivity index (χ4v) is 3.12. The summed E-state index contributed by atoms with van der Waals surface area (Å²) < 4.78 is 1.94. The van der Waals surface area contributed by atoms with Crippen molar-refractivity contribution in [3.63, 3.8) is 0 Å². The third-order valence-electron chi connectivity index (χ3n) is 4.82. The van der Waals surface area contributed by atoms with Gasteiger partial charge in [-0.15, -0.1) is 0 Å². The van der Waals surface area contributed by atoms with E-state index in [9.17, 15) is 4.79 Å². The molecule has 0 aliphatic rings. The minimum atomic E-state index is -0.282. The molecule has 0 radical (unpaired) electrons. The Morgan fingerprint density at radius 2 is 1.96 bits per heavy atom. The number of fused-ring (bicyclic) bond motifs is 1. The molecule has 2 aromatic heterocycles. The van der Waals surface area contributed by atoms with Crippen LogP contribution in [0.1, 0.15) is 55.5 Å². The van der Waals surface area contributed by atoms with Crippen molar-refractivity contribution in [2.45, 2.75) is 53.0 Å². The molecule has 26 heavy (non-hydrogen) atoms. The molecule has 6 nitrogen and oxygen atoms in total. The zero-order valence-corrected chi connectivity index (χ0v) is 16.1. The summed E-state index contributed by atoms with van der Waals surface area (Å²) >= 11 is 0. The fraction of sp³-hybridized carbons (Fsp3) is 0.450. The molecule has 1 atom stereocenters. The van der Waals surface area contributed by atoms with Crippen molar-refractivity contribution in [1.29, 1.82) is 0 Å². The Bertz CT molecular complexity index is 883. The number of aryl methyl sites for hydroxylation is 2. The summed E-state index contributed by atoms with van der Waals surface area (Å²) in [5, 5.41) is 3.00. The molecule has 0 unspecified atom stereocenters. The van der Waals surface area contributed by atoms with Crippen LogP contribution in [-0.2, 0) is 11.2 Å². The molecule has 138 valence electrons. The zero-order chi connectivity index (χ0) is 18.8. The number of aromatic nitrogens is 4. The third-order valence-corrected chi connectivity index (χ3v) is 4.82. The number of benzene rings is 1. The number of nitrogens with one attached hydrogen (secondary N) is 2. The Balaban J connectivity index is 1.60. The number of H-pyrrole nitrogens is 1. The molecular weight excluding hydrogens is 326 g/mol. The number of imidazole rings is 2. The quantitative estimate of drug-likeness (QED) is 0.713. The molecule has 6 heteroatoms. The van der Waals surface area contributed by atoms with Gasteiger partial charge in [0.1, 0.15) is 17.7 Å². The molecule has 1 aromatic carbocycles. The van der Waals surface area contributed by atoms with E-state index in [1.807, 2.05) is 17.7 Å². The second-order valence-electron chi connectivity index (χ2n) is 7.20. The van der Waals surface area contributed by atoms with Crippen LogP contribution in [0.3, 0.4) is 0 Å². The highest BCUT2D eigenvalue weighted by Crippen LogP contribution is 2.18. The first-order valence-electron chi connectivity index (χ1n) is 9.13. The van der Waals surface area contributed by atoms with E-state index in [0.29, 0.717) is 13.0 Å². The first kappa shape index (κ1) is 18.2. The number of aromatic amines is 1. The van der Waals surface area contributed by atoms with Crippen LogP contribution in [0.15, 0.2) is 24.5 Å². The Labute approximate surface area is 154 Å². The summed E-state index contributed by atoms with van der Waals surface area (Å²) in [6, 6.07) is 3.93. The lowest BCUT2D eigenvalue weighted by Crippen LogP contribution is -2.33. The molecule has 3 rings (SSSR count). The molecule has 3 aromatic rings. The molecular formula is C20H27N5O. The minimum Gasteiger partial charge on any atom is -0.354 e. The van der Waals surface area contributed by atoms with Gasteiger partial charge in [0, 0.05) is 31.3 Å². The molecule has 1 amide bonds. The fourth-order valence-electron chi connectivity index (χ4n) is 3.12. The highest BCUT2D eigenvalue weighted by atomic mass is 16.2. The summed E-state index contributed by atoms with van der Waals surface area (Å²) in [4.78, 5) is 24.8. The minimum absolute atomic E-state index is 0.00676. The third kappa shape index (κ3) is 3.64. The molecule has 0 spiro atoms. The SMILES string of the molecule is Cc1cc2nc(CCNC(=O)[C@@H](C)n3ccnc3C(C)C)[nH]c2cc1C. The van der Waals surface area contributed by atoms with Crippen molar-refractivity contribution in [2.24, 2.45) is 0 Å². The smallest absolute Gasteiger partial charge is 0.242 e. The topological polar surface area (TPSA) is 75.6 Å². The molecule has 0 fully saturated rings. The van der Waals surface area contributed by atoms with Crippen LogP contribution >= 0.6 is 0 Å². The van der Waals surface area contributed by atoms with E-state index in [0.717, 1.165) is 22.7 Å². The number of carbonyl (C=O) groups excluding carboxylic acids is 1. The van der Waals surface area contributed by atoms with Gasteiger partial charge in [0.25, 0.3) is 0 Å². The molecule has 2 heterocycles. The van der Waals surface area contributed by atoms with Crippen molar-refractivity contribution in [3.8, 4) is 0 Å². The van der Waals surface area contributed by atoms with Gasteiger partial charge in [-0.25, -0.2) is 9.97 Å². The summed E-state index contributed by atoms with van der Waals surface area (Å²) in [6.07, 6.45) is 4.28. The van der Waals surface area contributed by atoms with Crippen molar-refractivity contribution >= 4 is 16.9 Å². The predicted molar refractivity (Wildman–Crippen MR) is 103 cm³/mol. The lowest BCUT2D eigenvalue weighted by molar-refractivity contribution is -0.123. The van der Waals surface area contributed by atoms with E-state index >= 15 is 0 Å². The van der Waals surface area contributed by atoms with Crippen LogP contribution in [0.5, 0.6) is 0 Å². The van der Waals surface area contributed by atoms with E-state index in [2.05, 4.69) is 60.1 Å². The van der Waals surface area contributed by atoms with E-state index in [4.69, 9.17) is 0 Å². The van der Waals surface area contributed by atoms with E-state index in [1.54, 1.807) is 6.20 Å². The number of rotatable bonds is 6. The Kier molecular flexibility index (Phi) is 5.11. The summed E-state index contributed by atoms with van der Waals surface area (Å²) in [6.45, 7) is 10.8. The molecule has 0 aliphatic heterocycles. The molecule has 0 bridgehead atoms. The van der Waals surface area contributed by atoms with Gasteiger partial charge in [-0.3, -0.25) is 4.79 Å². The summed E-state index contributed by atoms with van der Waals surface area (Å²) in [5.74, 6) is 2.09. The molecule has 2 N–H and O–H groups in total. The van der Waals surface area contributed by atoms with E-state index in [-0.39, 0.29) is 17.9 Å². The second kappa shape index (κ2) is 7.32. The standard InChI is InChI=1S/C20H27N5O/c1-12(2)19-21-8-9-25(19)15(5)20(26)22-7-6-18-23-16-10-13(3)14(4)11-17(16)24-18/h8-12,15H,6-7H2,1-5H3,(H,22,26)(H,23,24)/t15-/m1/s1. The average molecular weight is 353 g/mol. The number of hydrogen-bond acceptors (Lipinski definition) is 3. The Morgan fingerprint density at radius 1 is 1.23 bits per heavy atom. The van der Waals surface area contributed by atoms with Crippen LogP contribution in [0.2, 0.25) is 0 Å². The number of carbonyl (C=O) groups is 1. The van der Waals surface area contributed by atoms with Crippen LogP contribution in [0, 0.1) is 13.8 Å². The van der Waals surface area contributed by atoms with Gasteiger partial charge in [0.15, 0.2) is 0 Å². The maximum atomic E-state index is 12.5. The van der Waals surface area contributed by atoms with Gasteiger partial charge in [-0.05, 0) is 44.0 Å². The van der Waals surface area contributed by atoms with Crippen molar-refractivity contribution in [3.05, 3.63) is 47.3 Å².